The molecule has 0 aliphatic rings. The van der Waals surface area contributed by atoms with Crippen molar-refractivity contribution in [3.63, 3.8) is 0 Å². The lowest BCUT2D eigenvalue weighted by Crippen LogP contribution is -2.02. The SMILES string of the molecule is [B]OC(=O)CCc1ccncc1. The Labute approximate surface area is 72.2 Å². The van der Waals surface area contributed by atoms with Gasteiger partial charge in [-0.15, -0.1) is 0 Å². The maximum Gasteiger partial charge on any atom is 0.378 e. The average molecular weight is 161 g/mol. The second-order valence-corrected chi connectivity index (χ2v) is 2.35. The fraction of sp³-hybridized carbons (Fsp3) is 0.250. The quantitative estimate of drug-likeness (QED) is 0.610. The molecule has 0 N–H and O–H groups in total. The molecule has 0 aliphatic carbocycles. The summed E-state index contributed by atoms with van der Waals surface area (Å²) in [6, 6.07) is 3.70. The van der Waals surface area contributed by atoms with Crippen molar-refractivity contribution in [2.24, 2.45) is 0 Å². The van der Waals surface area contributed by atoms with Gasteiger partial charge in [0.15, 0.2) is 0 Å². The zero-order valence-corrected chi connectivity index (χ0v) is 6.56. The van der Waals surface area contributed by atoms with Crippen molar-refractivity contribution in [3.8, 4) is 0 Å². The molecule has 0 atom stereocenters. The van der Waals surface area contributed by atoms with E-state index >= 15 is 0 Å². The summed E-state index contributed by atoms with van der Waals surface area (Å²) in [5.74, 6) is -0.396. The predicted molar refractivity (Wildman–Crippen MR) is 44.4 cm³/mol. The van der Waals surface area contributed by atoms with Gasteiger partial charge in [0.25, 0.3) is 5.97 Å². The fourth-order valence-corrected chi connectivity index (χ4v) is 0.855. The van der Waals surface area contributed by atoms with Gasteiger partial charge in [0.05, 0.1) is 0 Å². The van der Waals surface area contributed by atoms with Gasteiger partial charge >= 0.3 is 8.05 Å². The Morgan fingerprint density at radius 2 is 2.17 bits per heavy atom. The molecular formula is C8H8BNO2. The summed E-state index contributed by atoms with van der Waals surface area (Å²) >= 11 is 0. The number of hydrogen-bond donors (Lipinski definition) is 0. The Balaban J connectivity index is 2.38. The summed E-state index contributed by atoms with van der Waals surface area (Å²) in [6.45, 7) is 0. The molecule has 0 saturated carbocycles. The van der Waals surface area contributed by atoms with Crippen molar-refractivity contribution in [1.29, 1.82) is 0 Å². The smallest absolute Gasteiger partial charge is 0.378 e. The lowest BCUT2D eigenvalue weighted by Gasteiger charge is -1.99. The Morgan fingerprint density at radius 3 is 2.75 bits per heavy atom. The Hall–Kier alpha value is -1.32. The van der Waals surface area contributed by atoms with Crippen LogP contribution in [-0.4, -0.2) is 19.0 Å². The Morgan fingerprint density at radius 1 is 1.50 bits per heavy atom. The summed E-state index contributed by atoms with van der Waals surface area (Å²) in [7, 11) is 4.67. The molecule has 0 aromatic carbocycles. The molecule has 0 aliphatic heterocycles. The van der Waals surface area contributed by atoms with Crippen molar-refractivity contribution in [2.75, 3.05) is 0 Å². The highest BCUT2D eigenvalue weighted by Gasteiger charge is 1.99. The van der Waals surface area contributed by atoms with Crippen LogP contribution in [0.1, 0.15) is 12.0 Å². The summed E-state index contributed by atoms with van der Waals surface area (Å²) in [4.78, 5) is 14.5. The number of aryl methyl sites for hydroxylation is 1. The number of hydrogen-bond acceptors (Lipinski definition) is 3. The molecule has 0 amide bonds. The topological polar surface area (TPSA) is 39.2 Å². The van der Waals surface area contributed by atoms with Gasteiger partial charge in [-0.05, 0) is 24.1 Å². The van der Waals surface area contributed by atoms with Crippen LogP contribution in [0.5, 0.6) is 0 Å². The first-order valence-corrected chi connectivity index (χ1v) is 3.61. The number of carbonyl (C=O) groups excluding carboxylic acids is 1. The van der Waals surface area contributed by atoms with E-state index in [0.717, 1.165) is 5.56 Å². The van der Waals surface area contributed by atoms with Crippen molar-refractivity contribution < 1.29 is 9.45 Å². The lowest BCUT2D eigenvalue weighted by molar-refractivity contribution is -0.133. The minimum absolute atomic E-state index is 0.306. The normalized spacial score (nSPS) is 9.33. The van der Waals surface area contributed by atoms with Gasteiger partial charge in [0.2, 0.25) is 0 Å². The van der Waals surface area contributed by atoms with Crippen LogP contribution < -0.4 is 0 Å². The van der Waals surface area contributed by atoms with Crippen LogP contribution >= 0.6 is 0 Å². The third-order valence-corrected chi connectivity index (χ3v) is 1.50. The molecule has 0 spiro atoms. The molecule has 2 radical (unpaired) electrons. The van der Waals surface area contributed by atoms with Gasteiger partial charge in [-0.1, -0.05) is 0 Å². The molecule has 12 heavy (non-hydrogen) atoms. The fourth-order valence-electron chi connectivity index (χ4n) is 0.855. The monoisotopic (exact) mass is 161 g/mol. The van der Waals surface area contributed by atoms with Gasteiger partial charge in [-0.2, -0.15) is 0 Å². The average Bonchev–Trinajstić information content (AvgIpc) is 2.16. The van der Waals surface area contributed by atoms with E-state index in [-0.39, 0.29) is 0 Å². The van der Waals surface area contributed by atoms with Crippen molar-refractivity contribution in [2.45, 2.75) is 12.8 Å². The predicted octanol–water partition coefficient (Wildman–Crippen LogP) is 0.641. The molecular weight excluding hydrogens is 153 g/mol. The van der Waals surface area contributed by atoms with E-state index in [1.165, 1.54) is 0 Å². The molecule has 1 rings (SSSR count). The van der Waals surface area contributed by atoms with Crippen LogP contribution in [0.3, 0.4) is 0 Å². The van der Waals surface area contributed by atoms with Gasteiger partial charge < -0.3 is 4.65 Å². The molecule has 0 saturated heterocycles. The number of pyridine rings is 1. The highest BCUT2D eigenvalue weighted by molar-refractivity contribution is 6.05. The van der Waals surface area contributed by atoms with E-state index < -0.39 is 5.97 Å². The third kappa shape index (κ3) is 2.74. The van der Waals surface area contributed by atoms with Gasteiger partial charge in [-0.3, -0.25) is 9.78 Å². The highest BCUT2D eigenvalue weighted by Crippen LogP contribution is 2.00. The zero-order valence-electron chi connectivity index (χ0n) is 6.56. The highest BCUT2D eigenvalue weighted by atomic mass is 16.5. The first-order valence-electron chi connectivity index (χ1n) is 3.61. The number of aromatic nitrogens is 1. The van der Waals surface area contributed by atoms with Gasteiger partial charge in [0, 0.05) is 18.8 Å². The van der Waals surface area contributed by atoms with Crippen LogP contribution in [0.15, 0.2) is 24.5 Å². The molecule has 0 unspecified atom stereocenters. The summed E-state index contributed by atoms with van der Waals surface area (Å²) < 4.78 is 4.02. The molecule has 0 fully saturated rings. The second-order valence-electron chi connectivity index (χ2n) is 2.35. The van der Waals surface area contributed by atoms with E-state index in [1.807, 2.05) is 12.1 Å². The van der Waals surface area contributed by atoms with Crippen LogP contribution in [0, 0.1) is 0 Å². The Bertz CT molecular complexity index is 250. The Kier molecular flexibility index (Phi) is 3.32. The second kappa shape index (κ2) is 4.54. The van der Waals surface area contributed by atoms with Gasteiger partial charge in [0.1, 0.15) is 0 Å². The first-order chi connectivity index (χ1) is 5.83. The summed E-state index contributed by atoms with van der Waals surface area (Å²) in [6.07, 6.45) is 4.31. The van der Waals surface area contributed by atoms with Crippen LogP contribution in [0.25, 0.3) is 0 Å². The maximum atomic E-state index is 10.6. The van der Waals surface area contributed by atoms with E-state index in [9.17, 15) is 4.79 Å². The molecule has 1 aromatic heterocycles. The lowest BCUT2D eigenvalue weighted by atomic mass is 10.1. The van der Waals surface area contributed by atoms with Crippen LogP contribution in [-0.2, 0) is 15.9 Å². The minimum Gasteiger partial charge on any atom is -0.543 e. The standard InChI is InChI=1S/C8H8BNO2/c9-12-8(11)2-1-7-3-5-10-6-4-7/h3-6H,1-2H2. The van der Waals surface area contributed by atoms with E-state index in [2.05, 4.69) is 17.7 Å². The molecule has 1 heterocycles. The van der Waals surface area contributed by atoms with E-state index in [1.54, 1.807) is 12.4 Å². The summed E-state index contributed by atoms with van der Waals surface area (Å²) in [5.41, 5.74) is 1.05. The van der Waals surface area contributed by atoms with E-state index in [0.29, 0.717) is 12.8 Å². The van der Waals surface area contributed by atoms with E-state index in [4.69, 9.17) is 0 Å². The van der Waals surface area contributed by atoms with Crippen LogP contribution in [0.2, 0.25) is 0 Å². The number of carbonyl (C=O) groups is 1. The van der Waals surface area contributed by atoms with Crippen molar-refractivity contribution in [1.82, 2.24) is 4.98 Å². The molecule has 4 heteroatoms. The van der Waals surface area contributed by atoms with Crippen LogP contribution in [0.4, 0.5) is 0 Å². The summed E-state index contributed by atoms with van der Waals surface area (Å²) in [5, 5.41) is 0. The molecule has 60 valence electrons. The third-order valence-electron chi connectivity index (χ3n) is 1.50. The molecule has 1 aromatic rings. The van der Waals surface area contributed by atoms with Crippen molar-refractivity contribution in [3.05, 3.63) is 30.1 Å². The number of nitrogens with zero attached hydrogens (tertiary/aromatic N) is 1. The maximum absolute atomic E-state index is 10.6. The largest absolute Gasteiger partial charge is 0.543 e. The minimum atomic E-state index is -0.396. The molecule has 3 nitrogen and oxygen atoms in total. The number of rotatable bonds is 3. The van der Waals surface area contributed by atoms with Crippen molar-refractivity contribution >= 4 is 14.0 Å². The zero-order chi connectivity index (χ0) is 8.81. The van der Waals surface area contributed by atoms with Gasteiger partial charge in [-0.25, -0.2) is 0 Å². The molecule has 0 bridgehead atoms. The first kappa shape index (κ1) is 8.78.